The maximum atomic E-state index is 9.24. The zero-order chi connectivity index (χ0) is 13.7. The molecular weight excluding hydrogens is 246 g/mol. The molecule has 0 aliphatic heterocycles. The van der Waals surface area contributed by atoms with Crippen molar-refractivity contribution < 1.29 is 0 Å². The van der Waals surface area contributed by atoms with Crippen LogP contribution in [0.15, 0.2) is 18.2 Å². The Balaban J connectivity index is 3.10. The number of likely N-dealkylation sites (N-methyl/N-ethyl adjacent to an activating group) is 2. The molecule has 1 aromatic carbocycles. The summed E-state index contributed by atoms with van der Waals surface area (Å²) < 4.78 is 0. The summed E-state index contributed by atoms with van der Waals surface area (Å²) in [6.45, 7) is 6.04. The molecule has 4 heteroatoms. The maximum Gasteiger partial charge on any atom is 0.103 e. The van der Waals surface area contributed by atoms with Crippen LogP contribution in [-0.4, -0.2) is 38.1 Å². The van der Waals surface area contributed by atoms with Gasteiger partial charge in [0, 0.05) is 19.1 Å². The predicted octanol–water partition coefficient (Wildman–Crippen LogP) is 2.99. The minimum absolute atomic E-state index is 0.329. The van der Waals surface area contributed by atoms with Crippen LogP contribution < -0.4 is 4.90 Å². The fraction of sp³-hybridized carbons (Fsp3) is 0.500. The molecule has 0 radical (unpaired) electrons. The van der Waals surface area contributed by atoms with Gasteiger partial charge in [-0.1, -0.05) is 17.7 Å². The van der Waals surface area contributed by atoms with Crippen molar-refractivity contribution in [2.75, 3.05) is 32.1 Å². The van der Waals surface area contributed by atoms with E-state index in [-0.39, 0.29) is 0 Å². The Morgan fingerprint density at radius 2 is 2.06 bits per heavy atom. The Morgan fingerprint density at radius 1 is 1.39 bits per heavy atom. The van der Waals surface area contributed by atoms with Gasteiger partial charge in [-0.15, -0.1) is 0 Å². The highest BCUT2D eigenvalue weighted by Crippen LogP contribution is 2.28. The highest BCUT2D eigenvalue weighted by Gasteiger charge is 2.18. The fourth-order valence-corrected chi connectivity index (χ4v) is 2.42. The molecule has 1 atom stereocenters. The first-order chi connectivity index (χ1) is 8.51. The standard InChI is InChI=1S/C14H20ClN3/c1-5-18(11(2)10-17(3)4)14-8-6-7-13(15)12(14)9-16/h6-8,11H,5,10H2,1-4H3. The van der Waals surface area contributed by atoms with E-state index in [0.29, 0.717) is 16.6 Å². The summed E-state index contributed by atoms with van der Waals surface area (Å²) in [5, 5.41) is 9.75. The largest absolute Gasteiger partial charge is 0.367 e. The molecule has 0 N–H and O–H groups in total. The quantitative estimate of drug-likeness (QED) is 0.820. The first-order valence-corrected chi connectivity index (χ1v) is 6.49. The van der Waals surface area contributed by atoms with Crippen molar-refractivity contribution in [3.8, 4) is 6.07 Å². The van der Waals surface area contributed by atoms with Gasteiger partial charge in [-0.2, -0.15) is 5.26 Å². The van der Waals surface area contributed by atoms with Gasteiger partial charge in [0.15, 0.2) is 0 Å². The zero-order valence-corrected chi connectivity index (χ0v) is 12.2. The second-order valence-electron chi connectivity index (χ2n) is 4.64. The van der Waals surface area contributed by atoms with Crippen LogP contribution in [0.2, 0.25) is 5.02 Å². The second kappa shape index (κ2) is 6.63. The minimum Gasteiger partial charge on any atom is -0.367 e. The average molecular weight is 266 g/mol. The SMILES string of the molecule is CCN(c1cccc(Cl)c1C#N)C(C)CN(C)C. The van der Waals surface area contributed by atoms with Gasteiger partial charge < -0.3 is 9.80 Å². The average Bonchev–Trinajstić information content (AvgIpc) is 2.29. The van der Waals surface area contributed by atoms with Crippen LogP contribution in [0.3, 0.4) is 0 Å². The smallest absolute Gasteiger partial charge is 0.103 e. The van der Waals surface area contributed by atoms with Crippen molar-refractivity contribution in [1.29, 1.82) is 5.26 Å². The van der Waals surface area contributed by atoms with E-state index in [4.69, 9.17) is 11.6 Å². The molecule has 0 spiro atoms. The fourth-order valence-electron chi connectivity index (χ4n) is 2.21. The van der Waals surface area contributed by atoms with Crippen molar-refractivity contribution in [3.05, 3.63) is 28.8 Å². The van der Waals surface area contributed by atoms with Crippen LogP contribution in [0.25, 0.3) is 0 Å². The van der Waals surface area contributed by atoms with E-state index in [0.717, 1.165) is 18.8 Å². The lowest BCUT2D eigenvalue weighted by Crippen LogP contribution is -2.40. The number of nitriles is 1. The molecule has 0 aliphatic carbocycles. The molecule has 1 unspecified atom stereocenters. The summed E-state index contributed by atoms with van der Waals surface area (Å²) in [4.78, 5) is 4.36. The van der Waals surface area contributed by atoms with Crippen LogP contribution in [0.5, 0.6) is 0 Å². The van der Waals surface area contributed by atoms with Gasteiger partial charge in [0.2, 0.25) is 0 Å². The third-order valence-corrected chi connectivity index (χ3v) is 3.23. The highest BCUT2D eigenvalue weighted by atomic mass is 35.5. The van der Waals surface area contributed by atoms with Crippen molar-refractivity contribution in [2.24, 2.45) is 0 Å². The number of nitrogens with zero attached hydrogens (tertiary/aromatic N) is 3. The second-order valence-corrected chi connectivity index (χ2v) is 5.05. The predicted molar refractivity (Wildman–Crippen MR) is 77.2 cm³/mol. The van der Waals surface area contributed by atoms with E-state index in [9.17, 15) is 5.26 Å². The molecule has 0 aliphatic rings. The van der Waals surface area contributed by atoms with E-state index >= 15 is 0 Å². The van der Waals surface area contributed by atoms with Crippen molar-refractivity contribution in [2.45, 2.75) is 19.9 Å². The Hall–Kier alpha value is -1.24. The number of rotatable bonds is 5. The monoisotopic (exact) mass is 265 g/mol. The van der Waals surface area contributed by atoms with Crippen LogP contribution in [0.4, 0.5) is 5.69 Å². The number of hydrogen-bond donors (Lipinski definition) is 0. The first-order valence-electron chi connectivity index (χ1n) is 6.11. The van der Waals surface area contributed by atoms with Gasteiger partial charge in [0.05, 0.1) is 16.3 Å². The van der Waals surface area contributed by atoms with Gasteiger partial charge >= 0.3 is 0 Å². The van der Waals surface area contributed by atoms with E-state index in [1.54, 1.807) is 6.07 Å². The van der Waals surface area contributed by atoms with E-state index in [2.05, 4.69) is 29.7 Å². The Morgan fingerprint density at radius 3 is 2.56 bits per heavy atom. The molecule has 1 aromatic rings. The van der Waals surface area contributed by atoms with Crippen LogP contribution in [0.1, 0.15) is 19.4 Å². The molecule has 98 valence electrons. The molecule has 0 aromatic heterocycles. The van der Waals surface area contributed by atoms with Gasteiger partial charge in [0.1, 0.15) is 6.07 Å². The lowest BCUT2D eigenvalue weighted by atomic mass is 10.1. The molecule has 18 heavy (non-hydrogen) atoms. The van der Waals surface area contributed by atoms with Gasteiger partial charge in [-0.3, -0.25) is 0 Å². The summed E-state index contributed by atoms with van der Waals surface area (Å²) >= 11 is 6.08. The van der Waals surface area contributed by atoms with Gasteiger partial charge in [-0.25, -0.2) is 0 Å². The van der Waals surface area contributed by atoms with Crippen molar-refractivity contribution in [3.63, 3.8) is 0 Å². The topological polar surface area (TPSA) is 30.3 Å². The molecule has 0 saturated carbocycles. The third-order valence-electron chi connectivity index (χ3n) is 2.91. The molecule has 0 fully saturated rings. The maximum absolute atomic E-state index is 9.24. The third kappa shape index (κ3) is 3.38. The number of benzene rings is 1. The Labute approximate surface area is 115 Å². The summed E-state index contributed by atoms with van der Waals surface area (Å²) in [5.74, 6) is 0. The minimum atomic E-state index is 0.329. The summed E-state index contributed by atoms with van der Waals surface area (Å²) in [7, 11) is 4.10. The first kappa shape index (κ1) is 14.8. The molecule has 0 amide bonds. The highest BCUT2D eigenvalue weighted by molar-refractivity contribution is 6.32. The van der Waals surface area contributed by atoms with Crippen molar-refractivity contribution in [1.82, 2.24) is 4.90 Å². The van der Waals surface area contributed by atoms with Gasteiger partial charge in [-0.05, 0) is 40.1 Å². The lowest BCUT2D eigenvalue weighted by molar-refractivity contribution is 0.373. The molecule has 0 heterocycles. The number of anilines is 1. The van der Waals surface area contributed by atoms with Crippen LogP contribution in [0, 0.1) is 11.3 Å². The molecule has 1 rings (SSSR count). The normalized spacial score (nSPS) is 12.3. The Bertz CT molecular complexity index is 437. The van der Waals surface area contributed by atoms with E-state index in [1.807, 2.05) is 26.2 Å². The van der Waals surface area contributed by atoms with E-state index < -0.39 is 0 Å². The number of halogens is 1. The molecular formula is C14H20ClN3. The molecule has 3 nitrogen and oxygen atoms in total. The van der Waals surface area contributed by atoms with E-state index in [1.165, 1.54) is 0 Å². The van der Waals surface area contributed by atoms with Gasteiger partial charge in [0.25, 0.3) is 0 Å². The lowest BCUT2D eigenvalue weighted by Gasteiger charge is -2.32. The summed E-state index contributed by atoms with van der Waals surface area (Å²) in [6.07, 6.45) is 0. The summed E-state index contributed by atoms with van der Waals surface area (Å²) in [5.41, 5.74) is 1.48. The summed E-state index contributed by atoms with van der Waals surface area (Å²) in [6, 6.07) is 8.14. The molecule has 0 saturated heterocycles. The zero-order valence-electron chi connectivity index (χ0n) is 11.4. The number of hydrogen-bond acceptors (Lipinski definition) is 3. The van der Waals surface area contributed by atoms with Crippen LogP contribution >= 0.6 is 11.6 Å². The Kier molecular flexibility index (Phi) is 5.46. The van der Waals surface area contributed by atoms with Crippen LogP contribution in [-0.2, 0) is 0 Å². The molecule has 0 bridgehead atoms. The van der Waals surface area contributed by atoms with Crippen molar-refractivity contribution >= 4 is 17.3 Å².